The zero-order valence-electron chi connectivity index (χ0n) is 16.0. The van der Waals surface area contributed by atoms with Gasteiger partial charge in [-0.05, 0) is 41.5 Å². The molecule has 0 bridgehead atoms. The molecule has 0 aliphatic heterocycles. The third kappa shape index (κ3) is 5.17. The predicted molar refractivity (Wildman–Crippen MR) is 107 cm³/mol. The van der Waals surface area contributed by atoms with Crippen LogP contribution in [0.4, 0.5) is 0 Å². The molecule has 1 amide bonds. The van der Waals surface area contributed by atoms with Crippen molar-refractivity contribution in [2.45, 2.75) is 25.9 Å². The Kier molecular flexibility index (Phi) is 6.56. The van der Waals surface area contributed by atoms with E-state index in [1.807, 2.05) is 19.1 Å². The number of esters is 1. The van der Waals surface area contributed by atoms with Gasteiger partial charge < -0.3 is 10.1 Å². The third-order valence-electron chi connectivity index (χ3n) is 4.30. The average molecular weight is 414 g/mol. The molecule has 8 nitrogen and oxygen atoms in total. The zero-order chi connectivity index (χ0) is 20.8. The summed E-state index contributed by atoms with van der Waals surface area (Å²) in [5.41, 5.74) is 1.96. The first-order valence-electron chi connectivity index (χ1n) is 9.01. The fourth-order valence-electron chi connectivity index (χ4n) is 2.81. The molecule has 0 saturated carbocycles. The number of amides is 1. The highest BCUT2D eigenvalue weighted by atomic mass is 35.5. The number of rotatable bonds is 7. The van der Waals surface area contributed by atoms with Crippen LogP contribution in [0.5, 0.6) is 0 Å². The molecule has 0 fully saturated rings. The van der Waals surface area contributed by atoms with E-state index in [1.54, 1.807) is 36.4 Å². The van der Waals surface area contributed by atoms with E-state index in [2.05, 4.69) is 20.7 Å². The van der Waals surface area contributed by atoms with E-state index in [-0.39, 0.29) is 18.5 Å². The summed E-state index contributed by atoms with van der Waals surface area (Å²) in [4.78, 5) is 25.3. The predicted octanol–water partition coefficient (Wildman–Crippen LogP) is 3.05. The van der Waals surface area contributed by atoms with Gasteiger partial charge in [-0.2, -0.15) is 4.80 Å². The van der Waals surface area contributed by atoms with E-state index in [4.69, 9.17) is 16.3 Å². The summed E-state index contributed by atoms with van der Waals surface area (Å²) >= 11 is 5.92. The Hall–Kier alpha value is -3.26. The van der Waals surface area contributed by atoms with Crippen molar-refractivity contribution < 1.29 is 14.3 Å². The van der Waals surface area contributed by atoms with Gasteiger partial charge in [0, 0.05) is 10.6 Å². The van der Waals surface area contributed by atoms with Crippen LogP contribution in [0.1, 0.15) is 35.3 Å². The van der Waals surface area contributed by atoms with Gasteiger partial charge in [-0.15, -0.1) is 10.2 Å². The van der Waals surface area contributed by atoms with Gasteiger partial charge in [0.05, 0.1) is 18.7 Å². The van der Waals surface area contributed by atoms with Crippen molar-refractivity contribution >= 4 is 23.5 Å². The maximum absolute atomic E-state index is 12.4. The number of carbonyl (C=O) groups is 2. The van der Waals surface area contributed by atoms with Crippen molar-refractivity contribution in [1.82, 2.24) is 25.5 Å². The number of carbonyl (C=O) groups excluding carboxylic acids is 2. The first-order valence-corrected chi connectivity index (χ1v) is 9.39. The molecule has 0 radical (unpaired) electrons. The summed E-state index contributed by atoms with van der Waals surface area (Å²) in [6.45, 7) is 1.91. The van der Waals surface area contributed by atoms with Crippen LogP contribution in [0.25, 0.3) is 11.4 Å². The second kappa shape index (κ2) is 9.29. The minimum Gasteiger partial charge on any atom is -0.465 e. The van der Waals surface area contributed by atoms with Crippen LogP contribution >= 0.6 is 11.6 Å². The van der Waals surface area contributed by atoms with E-state index < -0.39 is 5.97 Å². The minimum absolute atomic E-state index is 0.0756. The largest absolute Gasteiger partial charge is 0.465 e. The lowest BCUT2D eigenvalue weighted by molar-refractivity contribution is -0.122. The molecular formula is C20H20ClN5O3. The highest BCUT2D eigenvalue weighted by Crippen LogP contribution is 2.19. The van der Waals surface area contributed by atoms with Crippen LogP contribution in [0.15, 0.2) is 48.5 Å². The zero-order valence-corrected chi connectivity index (χ0v) is 16.8. The Labute approximate surface area is 172 Å². The summed E-state index contributed by atoms with van der Waals surface area (Å²) in [7, 11) is 1.32. The van der Waals surface area contributed by atoms with E-state index >= 15 is 0 Å². The summed E-state index contributed by atoms with van der Waals surface area (Å²) < 4.78 is 4.71. The number of benzene rings is 2. The molecule has 1 N–H and O–H groups in total. The second-order valence-corrected chi connectivity index (χ2v) is 6.73. The van der Waals surface area contributed by atoms with Gasteiger partial charge in [-0.1, -0.05) is 42.8 Å². The van der Waals surface area contributed by atoms with E-state index in [0.717, 1.165) is 12.0 Å². The summed E-state index contributed by atoms with van der Waals surface area (Å²) in [5.74, 6) is -0.376. The number of halogens is 1. The molecule has 1 aromatic heterocycles. The normalized spacial score (nSPS) is 11.7. The molecule has 1 atom stereocenters. The summed E-state index contributed by atoms with van der Waals surface area (Å²) in [5, 5.41) is 15.7. The van der Waals surface area contributed by atoms with Crippen molar-refractivity contribution in [2.24, 2.45) is 0 Å². The molecule has 29 heavy (non-hydrogen) atoms. The van der Waals surface area contributed by atoms with Gasteiger partial charge >= 0.3 is 5.97 Å². The number of aromatic nitrogens is 4. The lowest BCUT2D eigenvalue weighted by Gasteiger charge is -2.17. The van der Waals surface area contributed by atoms with Gasteiger partial charge in [-0.25, -0.2) is 4.79 Å². The number of nitrogens with one attached hydrogen (secondary N) is 1. The molecule has 3 rings (SSSR count). The molecule has 1 heterocycles. The van der Waals surface area contributed by atoms with E-state index in [9.17, 15) is 9.59 Å². The van der Waals surface area contributed by atoms with Gasteiger partial charge in [-0.3, -0.25) is 4.79 Å². The number of methoxy groups -OCH3 is 1. The van der Waals surface area contributed by atoms with Crippen molar-refractivity contribution in [1.29, 1.82) is 0 Å². The number of ether oxygens (including phenoxy) is 1. The van der Waals surface area contributed by atoms with Crippen molar-refractivity contribution in [3.63, 3.8) is 0 Å². The van der Waals surface area contributed by atoms with Crippen molar-refractivity contribution in [3.05, 3.63) is 64.7 Å². The molecule has 9 heteroatoms. The molecule has 0 unspecified atom stereocenters. The maximum Gasteiger partial charge on any atom is 0.337 e. The van der Waals surface area contributed by atoms with Crippen LogP contribution < -0.4 is 5.32 Å². The van der Waals surface area contributed by atoms with Gasteiger partial charge in [0.2, 0.25) is 11.7 Å². The molecule has 150 valence electrons. The molecular weight excluding hydrogens is 394 g/mol. The Bertz CT molecular complexity index is 1000. The van der Waals surface area contributed by atoms with Gasteiger partial charge in [0.25, 0.3) is 0 Å². The quantitative estimate of drug-likeness (QED) is 0.597. The van der Waals surface area contributed by atoms with Crippen molar-refractivity contribution in [2.75, 3.05) is 7.11 Å². The molecule has 0 aliphatic carbocycles. The summed E-state index contributed by atoms with van der Waals surface area (Å²) in [6, 6.07) is 13.9. The lowest BCUT2D eigenvalue weighted by Crippen LogP contribution is -2.32. The van der Waals surface area contributed by atoms with Crippen LogP contribution in [0, 0.1) is 0 Å². The lowest BCUT2D eigenvalue weighted by atomic mass is 10.0. The molecule has 0 aliphatic rings. The Balaban J connectivity index is 1.67. The minimum atomic E-state index is -0.452. The molecule has 0 saturated heterocycles. The second-order valence-electron chi connectivity index (χ2n) is 6.30. The van der Waals surface area contributed by atoms with Crippen LogP contribution in [-0.2, 0) is 16.1 Å². The van der Waals surface area contributed by atoms with Gasteiger partial charge in [0.1, 0.15) is 6.54 Å². The molecule has 2 aromatic carbocycles. The smallest absolute Gasteiger partial charge is 0.337 e. The Morgan fingerprint density at radius 2 is 1.97 bits per heavy atom. The Morgan fingerprint density at radius 3 is 2.66 bits per heavy atom. The Morgan fingerprint density at radius 1 is 1.21 bits per heavy atom. The maximum atomic E-state index is 12.4. The van der Waals surface area contributed by atoms with Crippen LogP contribution in [0.2, 0.25) is 5.02 Å². The number of tetrazole rings is 1. The number of nitrogens with zero attached hydrogens (tertiary/aromatic N) is 4. The summed E-state index contributed by atoms with van der Waals surface area (Å²) in [6.07, 6.45) is 0.726. The fourth-order valence-corrected chi connectivity index (χ4v) is 2.94. The fraction of sp³-hybridized carbons (Fsp3) is 0.250. The number of hydrogen-bond acceptors (Lipinski definition) is 6. The monoisotopic (exact) mass is 413 g/mol. The first kappa shape index (κ1) is 20.5. The third-order valence-corrected chi connectivity index (χ3v) is 4.55. The SMILES string of the molecule is CC[C@@H](NC(=O)Cn1nnc(-c2cccc(C(=O)OC)c2)n1)c1ccc(Cl)cc1. The van der Waals surface area contributed by atoms with Crippen LogP contribution in [-0.4, -0.2) is 39.2 Å². The molecule has 3 aromatic rings. The van der Waals surface area contributed by atoms with E-state index in [1.165, 1.54) is 11.9 Å². The average Bonchev–Trinajstić information content (AvgIpc) is 3.20. The van der Waals surface area contributed by atoms with E-state index in [0.29, 0.717) is 22.0 Å². The topological polar surface area (TPSA) is 99.0 Å². The number of hydrogen-bond donors (Lipinski definition) is 1. The van der Waals surface area contributed by atoms with Gasteiger partial charge in [0.15, 0.2) is 0 Å². The standard InChI is InChI=1S/C20H20ClN5O3/c1-3-17(13-7-9-16(21)10-8-13)22-18(27)12-26-24-19(23-25-26)14-5-4-6-15(11-14)20(28)29-2/h4-11,17H,3,12H2,1-2H3,(H,22,27)/t17-/m1/s1. The molecule has 0 spiro atoms. The van der Waals surface area contributed by atoms with Crippen molar-refractivity contribution in [3.8, 4) is 11.4 Å². The van der Waals surface area contributed by atoms with Crippen LogP contribution in [0.3, 0.4) is 0 Å². The highest BCUT2D eigenvalue weighted by Gasteiger charge is 2.15. The highest BCUT2D eigenvalue weighted by molar-refractivity contribution is 6.30. The first-order chi connectivity index (χ1) is 14.0.